The largest absolute Gasteiger partial charge is 0.381 e. The van der Waals surface area contributed by atoms with Gasteiger partial charge in [0.25, 0.3) is 0 Å². The van der Waals surface area contributed by atoms with Crippen LogP contribution in [-0.4, -0.2) is 29.0 Å². The predicted octanol–water partition coefficient (Wildman–Crippen LogP) is 2.11. The highest BCUT2D eigenvalue weighted by molar-refractivity contribution is 5.24. The summed E-state index contributed by atoms with van der Waals surface area (Å²) in [5.74, 6) is 0.764. The number of nitrogens with zero attached hydrogens (tertiary/aromatic N) is 2. The van der Waals surface area contributed by atoms with E-state index in [1.807, 2.05) is 11.7 Å². The number of hydrogen-bond donors (Lipinski definition) is 1. The predicted molar refractivity (Wildman–Crippen MR) is 77.1 cm³/mol. The van der Waals surface area contributed by atoms with Crippen LogP contribution in [0.15, 0.2) is 0 Å². The van der Waals surface area contributed by atoms with Crippen LogP contribution in [0.1, 0.15) is 42.6 Å². The van der Waals surface area contributed by atoms with Gasteiger partial charge in [0, 0.05) is 32.0 Å². The van der Waals surface area contributed by atoms with Gasteiger partial charge in [0.15, 0.2) is 0 Å². The van der Waals surface area contributed by atoms with Crippen molar-refractivity contribution < 1.29 is 4.74 Å². The molecule has 1 aliphatic heterocycles. The van der Waals surface area contributed by atoms with Crippen LogP contribution in [-0.2, 0) is 18.2 Å². The molecule has 0 aromatic carbocycles. The van der Waals surface area contributed by atoms with Crippen molar-refractivity contribution in [3.63, 3.8) is 0 Å². The molecule has 1 aromatic heterocycles. The van der Waals surface area contributed by atoms with Gasteiger partial charge in [0.2, 0.25) is 0 Å². The Bertz CT molecular complexity index is 408. The molecule has 1 unspecified atom stereocenters. The molecule has 0 radical (unpaired) electrons. The van der Waals surface area contributed by atoms with Crippen molar-refractivity contribution in [2.24, 2.45) is 18.7 Å². The van der Waals surface area contributed by atoms with Crippen molar-refractivity contribution in [1.82, 2.24) is 9.78 Å². The smallest absolute Gasteiger partial charge is 0.0628 e. The minimum atomic E-state index is 0.308. The number of ether oxygens (including phenoxy) is 1. The van der Waals surface area contributed by atoms with Gasteiger partial charge in [-0.15, -0.1) is 0 Å². The third-order valence-corrected chi connectivity index (χ3v) is 4.40. The van der Waals surface area contributed by atoms with Crippen molar-refractivity contribution in [3.8, 4) is 0 Å². The summed E-state index contributed by atoms with van der Waals surface area (Å²) < 4.78 is 7.36. The minimum absolute atomic E-state index is 0.308. The van der Waals surface area contributed by atoms with Crippen LogP contribution in [0.5, 0.6) is 0 Å². The Hall–Kier alpha value is -0.870. The molecule has 0 spiro atoms. The normalized spacial score (nSPS) is 18.7. The van der Waals surface area contributed by atoms with E-state index in [2.05, 4.69) is 18.9 Å². The molecular formula is C15H27N3O. The molecule has 1 atom stereocenters. The lowest BCUT2D eigenvalue weighted by Crippen LogP contribution is -2.27. The molecule has 1 saturated heterocycles. The van der Waals surface area contributed by atoms with E-state index < -0.39 is 0 Å². The van der Waals surface area contributed by atoms with E-state index >= 15 is 0 Å². The van der Waals surface area contributed by atoms with Gasteiger partial charge in [-0.2, -0.15) is 5.10 Å². The number of hydrogen-bond acceptors (Lipinski definition) is 3. The SMILES string of the molecule is Cc1nn(C)c(C)c1CCC(N)CC1CCOCC1. The maximum Gasteiger partial charge on any atom is 0.0628 e. The Kier molecular flexibility index (Phi) is 4.99. The fraction of sp³-hybridized carbons (Fsp3) is 0.800. The highest BCUT2D eigenvalue weighted by atomic mass is 16.5. The number of rotatable bonds is 5. The van der Waals surface area contributed by atoms with Crippen LogP contribution in [0.4, 0.5) is 0 Å². The van der Waals surface area contributed by atoms with E-state index in [-0.39, 0.29) is 0 Å². The van der Waals surface area contributed by atoms with E-state index in [1.54, 1.807) is 0 Å². The lowest BCUT2D eigenvalue weighted by atomic mass is 9.90. The van der Waals surface area contributed by atoms with Crippen molar-refractivity contribution in [3.05, 3.63) is 17.0 Å². The fourth-order valence-corrected chi connectivity index (χ4v) is 3.04. The molecule has 4 heteroatoms. The van der Waals surface area contributed by atoms with Crippen molar-refractivity contribution in [1.29, 1.82) is 0 Å². The molecule has 2 N–H and O–H groups in total. The summed E-state index contributed by atoms with van der Waals surface area (Å²) in [5.41, 5.74) is 10.1. The lowest BCUT2D eigenvalue weighted by Gasteiger charge is -2.24. The summed E-state index contributed by atoms with van der Waals surface area (Å²) in [6, 6.07) is 0.308. The molecule has 0 bridgehead atoms. The minimum Gasteiger partial charge on any atom is -0.381 e. The first-order valence-electron chi connectivity index (χ1n) is 7.40. The van der Waals surface area contributed by atoms with E-state index in [1.165, 1.54) is 24.1 Å². The quantitative estimate of drug-likeness (QED) is 0.887. The van der Waals surface area contributed by atoms with Crippen molar-refractivity contribution in [2.75, 3.05) is 13.2 Å². The first-order valence-corrected chi connectivity index (χ1v) is 7.40. The van der Waals surface area contributed by atoms with Crippen LogP contribution in [0.3, 0.4) is 0 Å². The summed E-state index contributed by atoms with van der Waals surface area (Å²) in [6.07, 6.45) is 5.61. The molecule has 1 fully saturated rings. The number of aromatic nitrogens is 2. The molecule has 4 nitrogen and oxygen atoms in total. The van der Waals surface area contributed by atoms with Crippen LogP contribution in [0.25, 0.3) is 0 Å². The van der Waals surface area contributed by atoms with Gasteiger partial charge in [-0.3, -0.25) is 4.68 Å². The maximum atomic E-state index is 6.29. The first kappa shape index (κ1) is 14.5. The van der Waals surface area contributed by atoms with Crippen LogP contribution < -0.4 is 5.73 Å². The van der Waals surface area contributed by atoms with Crippen molar-refractivity contribution in [2.45, 2.75) is 52.0 Å². The first-order chi connectivity index (χ1) is 9.08. The zero-order valence-corrected chi connectivity index (χ0v) is 12.5. The second-order valence-corrected chi connectivity index (χ2v) is 5.86. The van der Waals surface area contributed by atoms with Crippen LogP contribution in [0, 0.1) is 19.8 Å². The topological polar surface area (TPSA) is 53.1 Å². The fourth-order valence-electron chi connectivity index (χ4n) is 3.04. The van der Waals surface area contributed by atoms with Crippen molar-refractivity contribution >= 4 is 0 Å². The van der Waals surface area contributed by atoms with E-state index in [4.69, 9.17) is 10.5 Å². The Labute approximate surface area is 116 Å². The Morgan fingerprint density at radius 3 is 2.63 bits per heavy atom. The molecule has 0 saturated carbocycles. The zero-order chi connectivity index (χ0) is 13.8. The van der Waals surface area contributed by atoms with E-state index in [0.29, 0.717) is 6.04 Å². The average Bonchev–Trinajstić information content (AvgIpc) is 2.62. The van der Waals surface area contributed by atoms with Gasteiger partial charge in [-0.1, -0.05) is 0 Å². The third kappa shape index (κ3) is 3.80. The van der Waals surface area contributed by atoms with Crippen LogP contribution >= 0.6 is 0 Å². The summed E-state index contributed by atoms with van der Waals surface area (Å²) in [7, 11) is 2.01. The summed E-state index contributed by atoms with van der Waals surface area (Å²) >= 11 is 0. The molecule has 1 aromatic rings. The van der Waals surface area contributed by atoms with Gasteiger partial charge in [-0.25, -0.2) is 0 Å². The molecule has 2 heterocycles. The molecule has 1 aliphatic rings. The summed E-state index contributed by atoms with van der Waals surface area (Å²) in [6.45, 7) is 6.06. The van der Waals surface area contributed by atoms with Gasteiger partial charge in [0.05, 0.1) is 5.69 Å². The van der Waals surface area contributed by atoms with Gasteiger partial charge < -0.3 is 10.5 Å². The second-order valence-electron chi connectivity index (χ2n) is 5.86. The van der Waals surface area contributed by atoms with E-state index in [0.717, 1.165) is 44.1 Å². The maximum absolute atomic E-state index is 6.29. The van der Waals surface area contributed by atoms with Gasteiger partial charge in [-0.05, 0) is 57.4 Å². The van der Waals surface area contributed by atoms with Crippen LogP contribution in [0.2, 0.25) is 0 Å². The molecule has 19 heavy (non-hydrogen) atoms. The van der Waals surface area contributed by atoms with Gasteiger partial charge in [0.1, 0.15) is 0 Å². The summed E-state index contributed by atoms with van der Waals surface area (Å²) in [5, 5.41) is 4.46. The molecular weight excluding hydrogens is 238 g/mol. The lowest BCUT2D eigenvalue weighted by molar-refractivity contribution is 0.0616. The standard InChI is InChI=1S/C15H27N3O/c1-11-15(12(2)18(3)17-11)5-4-14(16)10-13-6-8-19-9-7-13/h13-14H,4-10,16H2,1-3H3. The number of nitrogens with two attached hydrogens (primary N) is 1. The Balaban J connectivity index is 1.80. The third-order valence-electron chi connectivity index (χ3n) is 4.40. The Morgan fingerprint density at radius 1 is 1.37 bits per heavy atom. The molecule has 108 valence electrons. The Morgan fingerprint density at radius 2 is 2.05 bits per heavy atom. The summed E-state index contributed by atoms with van der Waals surface area (Å²) in [4.78, 5) is 0. The molecule has 0 amide bonds. The monoisotopic (exact) mass is 265 g/mol. The highest BCUT2D eigenvalue weighted by Crippen LogP contribution is 2.22. The zero-order valence-electron chi connectivity index (χ0n) is 12.5. The van der Waals surface area contributed by atoms with Gasteiger partial charge >= 0.3 is 0 Å². The average molecular weight is 265 g/mol. The highest BCUT2D eigenvalue weighted by Gasteiger charge is 2.18. The molecule has 0 aliphatic carbocycles. The number of aryl methyl sites for hydroxylation is 2. The van der Waals surface area contributed by atoms with E-state index in [9.17, 15) is 0 Å². The molecule has 2 rings (SSSR count). The second kappa shape index (κ2) is 6.53.